The summed E-state index contributed by atoms with van der Waals surface area (Å²) in [4.78, 5) is 27.1. The maximum absolute atomic E-state index is 13.6. The molecule has 0 bridgehead atoms. The molecule has 0 aliphatic carbocycles. The second-order valence-corrected chi connectivity index (χ2v) is 11.1. The number of halogens is 1. The average Bonchev–Trinajstić information content (AvgIpc) is 3.43. The van der Waals surface area contributed by atoms with Crippen molar-refractivity contribution >= 4 is 27.7 Å². The molecule has 2 amide bonds. The van der Waals surface area contributed by atoms with E-state index in [2.05, 4.69) is 10.0 Å². The number of sulfonamides is 1. The first-order valence-electron chi connectivity index (χ1n) is 12.0. The van der Waals surface area contributed by atoms with E-state index in [-0.39, 0.29) is 48.6 Å². The van der Waals surface area contributed by atoms with Crippen molar-refractivity contribution in [3.63, 3.8) is 0 Å². The van der Waals surface area contributed by atoms with Gasteiger partial charge in [0.15, 0.2) is 11.4 Å². The summed E-state index contributed by atoms with van der Waals surface area (Å²) in [6, 6.07) is 12.8. The van der Waals surface area contributed by atoms with Gasteiger partial charge in [0, 0.05) is 44.0 Å². The quantitative estimate of drug-likeness (QED) is 0.523. The number of hydrogen-bond donors (Lipinski definition) is 2. The van der Waals surface area contributed by atoms with Gasteiger partial charge < -0.3 is 24.3 Å². The van der Waals surface area contributed by atoms with Gasteiger partial charge in [-0.05, 0) is 36.2 Å². The molecule has 1 aromatic heterocycles. The third kappa shape index (κ3) is 5.09. The van der Waals surface area contributed by atoms with E-state index in [1.165, 1.54) is 33.9 Å². The van der Waals surface area contributed by atoms with E-state index in [9.17, 15) is 22.4 Å². The fraction of sp³-hybridized carbons (Fsp3) is 0.308. The third-order valence-corrected chi connectivity index (χ3v) is 8.16. The van der Waals surface area contributed by atoms with Gasteiger partial charge in [-0.2, -0.15) is 0 Å². The van der Waals surface area contributed by atoms with E-state index in [1.807, 2.05) is 30.3 Å². The Labute approximate surface area is 219 Å². The molecular weight excluding hydrogens is 515 g/mol. The van der Waals surface area contributed by atoms with Crippen LogP contribution in [-0.2, 0) is 28.4 Å². The minimum absolute atomic E-state index is 0.00271. The summed E-state index contributed by atoms with van der Waals surface area (Å²) in [5.74, 6) is -1.46. The van der Waals surface area contributed by atoms with E-state index < -0.39 is 33.9 Å². The van der Waals surface area contributed by atoms with Gasteiger partial charge >= 0.3 is 6.09 Å². The first-order valence-corrected chi connectivity index (χ1v) is 13.5. The normalized spacial score (nSPS) is 19.9. The first-order chi connectivity index (χ1) is 18.1. The van der Waals surface area contributed by atoms with Crippen molar-refractivity contribution in [1.82, 2.24) is 14.2 Å². The second kappa shape index (κ2) is 10.1. The monoisotopic (exact) mass is 542 g/mol. The third-order valence-electron chi connectivity index (χ3n) is 6.68. The molecule has 2 aliphatic rings. The average molecular weight is 543 g/mol. The largest absolute Gasteiger partial charge is 0.489 e. The molecule has 2 N–H and O–H groups in total. The molecule has 2 atom stereocenters. The highest BCUT2D eigenvalue weighted by Crippen LogP contribution is 2.35. The molecule has 10 nitrogen and oxygen atoms in total. The zero-order valence-corrected chi connectivity index (χ0v) is 21.6. The zero-order chi connectivity index (χ0) is 27.0. The van der Waals surface area contributed by atoms with Crippen LogP contribution < -0.4 is 14.8 Å². The molecule has 0 saturated carbocycles. The lowest BCUT2D eigenvalue weighted by Gasteiger charge is -2.23. The molecule has 1 fully saturated rings. The van der Waals surface area contributed by atoms with Crippen LogP contribution in [0, 0.1) is 18.7 Å². The number of amides is 2. The van der Waals surface area contributed by atoms with Gasteiger partial charge in [0.1, 0.15) is 17.3 Å². The van der Waals surface area contributed by atoms with Crippen molar-refractivity contribution in [2.45, 2.75) is 24.5 Å². The number of rotatable bonds is 4. The molecular formula is C26H27FN4O6S. The Morgan fingerprint density at radius 2 is 1.95 bits per heavy atom. The molecule has 200 valence electrons. The fourth-order valence-electron chi connectivity index (χ4n) is 4.67. The predicted molar refractivity (Wildman–Crippen MR) is 136 cm³/mol. The lowest BCUT2D eigenvalue weighted by molar-refractivity contribution is 0.101. The Bertz CT molecular complexity index is 1490. The number of nitrogens with one attached hydrogen (secondary N) is 2. The summed E-state index contributed by atoms with van der Waals surface area (Å²) < 4.78 is 55.6. The minimum Gasteiger partial charge on any atom is -0.489 e. The highest BCUT2D eigenvalue weighted by Gasteiger charge is 2.42. The van der Waals surface area contributed by atoms with Crippen molar-refractivity contribution in [2.75, 3.05) is 25.0 Å². The van der Waals surface area contributed by atoms with Crippen molar-refractivity contribution in [1.29, 1.82) is 0 Å². The standard InChI is InChI=1S/C26H27FN4O6S/c1-16-10-19(8-9-20(16)27)28-25(32)23-24-22(13-30(23)2)38(34,35)29-21-12-31(11-18(21)15-36-24)26(33)37-14-17-6-4-3-5-7-17/h3-10,13,18,21,29H,11-12,14-15H2,1-2H3,(H,28,32)/t18-,21-/m0/s1. The van der Waals surface area contributed by atoms with Crippen molar-refractivity contribution < 1.29 is 31.9 Å². The van der Waals surface area contributed by atoms with E-state index >= 15 is 0 Å². The summed E-state index contributed by atoms with van der Waals surface area (Å²) in [7, 11) is -2.54. The number of nitrogens with zero attached hydrogens (tertiary/aromatic N) is 2. The SMILES string of the molecule is Cc1cc(NC(=O)c2c3c(cn2C)S(=O)(=O)N[C@H]2CN(C(=O)OCc4ccccc4)C[C@H]2CO3)ccc1F. The van der Waals surface area contributed by atoms with Crippen molar-refractivity contribution in [2.24, 2.45) is 13.0 Å². The Hall–Kier alpha value is -3.90. The summed E-state index contributed by atoms with van der Waals surface area (Å²) in [6.45, 7) is 2.09. The molecule has 2 aliphatic heterocycles. The first kappa shape index (κ1) is 25.7. The molecule has 5 rings (SSSR count). The van der Waals surface area contributed by atoms with Crippen LogP contribution in [0.3, 0.4) is 0 Å². The van der Waals surface area contributed by atoms with Crippen LogP contribution in [0.4, 0.5) is 14.9 Å². The molecule has 3 heterocycles. The van der Waals surface area contributed by atoms with Gasteiger partial charge in [0.2, 0.25) is 10.0 Å². The van der Waals surface area contributed by atoms with Crippen LogP contribution in [0.1, 0.15) is 21.6 Å². The van der Waals surface area contributed by atoms with Gasteiger partial charge in [0.25, 0.3) is 5.91 Å². The summed E-state index contributed by atoms with van der Waals surface area (Å²) in [5.41, 5.74) is 1.55. The molecule has 12 heteroatoms. The van der Waals surface area contributed by atoms with Crippen LogP contribution in [0.25, 0.3) is 0 Å². The number of hydrogen-bond acceptors (Lipinski definition) is 6. The smallest absolute Gasteiger partial charge is 0.410 e. The van der Waals surface area contributed by atoms with Crippen LogP contribution >= 0.6 is 0 Å². The predicted octanol–water partition coefficient (Wildman–Crippen LogP) is 3.03. The Kier molecular flexibility index (Phi) is 6.84. The molecule has 1 saturated heterocycles. The topological polar surface area (TPSA) is 119 Å². The van der Waals surface area contributed by atoms with Crippen LogP contribution in [0.5, 0.6) is 5.75 Å². The number of aryl methyl sites for hydroxylation is 2. The number of carbonyl (C=O) groups excluding carboxylic acids is 2. The zero-order valence-electron chi connectivity index (χ0n) is 20.8. The molecule has 3 aromatic rings. The number of likely N-dealkylation sites (tertiary alicyclic amines) is 1. The minimum atomic E-state index is -4.09. The van der Waals surface area contributed by atoms with Gasteiger partial charge in [-0.25, -0.2) is 22.3 Å². The van der Waals surface area contributed by atoms with Gasteiger partial charge in [-0.1, -0.05) is 30.3 Å². The highest BCUT2D eigenvalue weighted by molar-refractivity contribution is 7.89. The molecule has 0 radical (unpaired) electrons. The van der Waals surface area contributed by atoms with Crippen LogP contribution in [0.2, 0.25) is 0 Å². The van der Waals surface area contributed by atoms with Gasteiger partial charge in [0.05, 0.1) is 6.61 Å². The van der Waals surface area contributed by atoms with E-state index in [0.29, 0.717) is 11.3 Å². The lowest BCUT2D eigenvalue weighted by atomic mass is 10.1. The van der Waals surface area contributed by atoms with Crippen LogP contribution in [-0.4, -0.2) is 55.6 Å². The summed E-state index contributed by atoms with van der Waals surface area (Å²) >= 11 is 0. The lowest BCUT2D eigenvalue weighted by Crippen LogP contribution is -2.43. The van der Waals surface area contributed by atoms with Gasteiger partial charge in [-0.15, -0.1) is 0 Å². The number of carbonyl (C=O) groups is 2. The summed E-state index contributed by atoms with van der Waals surface area (Å²) in [5, 5.41) is 2.67. The van der Waals surface area contributed by atoms with Crippen LogP contribution in [0.15, 0.2) is 59.6 Å². The van der Waals surface area contributed by atoms with E-state index in [1.54, 1.807) is 14.0 Å². The Balaban J connectivity index is 1.33. The van der Waals surface area contributed by atoms with E-state index in [0.717, 1.165) is 5.56 Å². The molecule has 0 unspecified atom stereocenters. The highest BCUT2D eigenvalue weighted by atomic mass is 32.2. The molecule has 0 spiro atoms. The Morgan fingerprint density at radius 1 is 1.18 bits per heavy atom. The van der Waals surface area contributed by atoms with E-state index in [4.69, 9.17) is 9.47 Å². The van der Waals surface area contributed by atoms with Crippen molar-refractivity contribution in [3.8, 4) is 5.75 Å². The number of ether oxygens (including phenoxy) is 2. The Morgan fingerprint density at radius 3 is 2.68 bits per heavy atom. The molecule has 38 heavy (non-hydrogen) atoms. The maximum Gasteiger partial charge on any atom is 0.410 e. The summed E-state index contributed by atoms with van der Waals surface area (Å²) in [6.07, 6.45) is 0.761. The van der Waals surface area contributed by atoms with Crippen molar-refractivity contribution in [3.05, 3.63) is 77.4 Å². The number of benzene rings is 2. The fourth-order valence-corrected chi connectivity index (χ4v) is 6.16. The number of fused-ring (bicyclic) bond motifs is 2. The maximum atomic E-state index is 13.6. The van der Waals surface area contributed by atoms with Gasteiger partial charge in [-0.3, -0.25) is 4.79 Å². The number of anilines is 1. The number of aromatic nitrogens is 1. The second-order valence-electron chi connectivity index (χ2n) is 9.44. The molecule has 2 aromatic carbocycles.